The molecule has 0 bridgehead atoms. The van der Waals surface area contributed by atoms with Gasteiger partial charge < -0.3 is 5.32 Å². The van der Waals surface area contributed by atoms with E-state index in [9.17, 15) is 0 Å². The molecule has 0 saturated heterocycles. The molecule has 0 amide bonds. The number of hydrogen-bond donors (Lipinski definition) is 1. The van der Waals surface area contributed by atoms with Crippen LogP contribution in [0.4, 0.5) is 0 Å². The van der Waals surface area contributed by atoms with Crippen molar-refractivity contribution in [3.63, 3.8) is 0 Å². The number of nitrogens with one attached hydrogen (secondary N) is 1. The number of fused-ring (bicyclic) bond motifs is 1. The highest BCUT2D eigenvalue weighted by Gasteiger charge is 2.26. The Morgan fingerprint density at radius 1 is 1.10 bits per heavy atom. The van der Waals surface area contributed by atoms with Crippen LogP contribution in [0.5, 0.6) is 0 Å². The van der Waals surface area contributed by atoms with Crippen LogP contribution in [0.3, 0.4) is 0 Å². The standard InChI is InChI=1S/C18H22BrN/c1-2-20-18(13-7-3-4-8-13)16-11-12-17(19)15-10-6-5-9-14(15)16/h5-6,9-13,18,20H,2-4,7-8H2,1H3. The second-order valence-corrected chi connectivity index (χ2v) is 6.62. The topological polar surface area (TPSA) is 12.0 Å². The zero-order valence-electron chi connectivity index (χ0n) is 12.0. The van der Waals surface area contributed by atoms with E-state index in [1.807, 2.05) is 0 Å². The SMILES string of the molecule is CCNC(c1ccc(Br)c2ccccc12)C1CCCC1. The third-order valence-corrected chi connectivity index (χ3v) is 5.23. The third-order valence-electron chi connectivity index (χ3n) is 4.53. The summed E-state index contributed by atoms with van der Waals surface area (Å²) in [7, 11) is 0. The summed E-state index contributed by atoms with van der Waals surface area (Å²) in [5.41, 5.74) is 1.47. The maximum atomic E-state index is 3.74. The van der Waals surface area contributed by atoms with E-state index in [4.69, 9.17) is 0 Å². The van der Waals surface area contributed by atoms with Gasteiger partial charge in [0.1, 0.15) is 0 Å². The minimum atomic E-state index is 0.500. The quantitative estimate of drug-likeness (QED) is 0.786. The Balaban J connectivity index is 2.08. The summed E-state index contributed by atoms with van der Waals surface area (Å²) in [5.74, 6) is 0.791. The van der Waals surface area contributed by atoms with Crippen LogP contribution >= 0.6 is 15.9 Å². The highest BCUT2D eigenvalue weighted by Crippen LogP contribution is 2.39. The van der Waals surface area contributed by atoms with Gasteiger partial charge in [0.2, 0.25) is 0 Å². The van der Waals surface area contributed by atoms with Crippen molar-refractivity contribution in [2.45, 2.75) is 38.6 Å². The number of benzene rings is 2. The smallest absolute Gasteiger partial charge is 0.0354 e. The second kappa shape index (κ2) is 6.28. The van der Waals surface area contributed by atoms with Crippen molar-refractivity contribution in [1.29, 1.82) is 0 Å². The Labute approximate surface area is 129 Å². The van der Waals surface area contributed by atoms with E-state index >= 15 is 0 Å². The van der Waals surface area contributed by atoms with E-state index < -0.39 is 0 Å². The fourth-order valence-corrected chi connectivity index (χ4v) is 4.08. The second-order valence-electron chi connectivity index (χ2n) is 5.76. The van der Waals surface area contributed by atoms with Crippen molar-refractivity contribution in [3.05, 3.63) is 46.4 Å². The molecule has 1 aliphatic carbocycles. The molecular formula is C18H22BrN. The molecule has 1 N–H and O–H groups in total. The van der Waals surface area contributed by atoms with E-state index in [1.165, 1.54) is 46.5 Å². The van der Waals surface area contributed by atoms with E-state index in [0.717, 1.165) is 12.5 Å². The molecule has 0 radical (unpaired) electrons. The molecule has 1 nitrogen and oxygen atoms in total. The Hall–Kier alpha value is -0.860. The average Bonchev–Trinajstić information content (AvgIpc) is 3.00. The predicted octanol–water partition coefficient (Wildman–Crippen LogP) is 5.44. The van der Waals surface area contributed by atoms with Gasteiger partial charge in [-0.2, -0.15) is 0 Å². The highest BCUT2D eigenvalue weighted by atomic mass is 79.9. The Morgan fingerprint density at radius 2 is 1.80 bits per heavy atom. The first-order valence-corrected chi connectivity index (χ1v) is 8.51. The van der Waals surface area contributed by atoms with Crippen LogP contribution in [0.2, 0.25) is 0 Å². The van der Waals surface area contributed by atoms with Crippen molar-refractivity contribution < 1.29 is 0 Å². The molecule has 2 aromatic carbocycles. The van der Waals surface area contributed by atoms with Gasteiger partial charge in [-0.15, -0.1) is 0 Å². The third kappa shape index (κ3) is 2.64. The molecule has 2 aromatic rings. The number of rotatable bonds is 4. The maximum Gasteiger partial charge on any atom is 0.0354 e. The molecule has 1 saturated carbocycles. The predicted molar refractivity (Wildman–Crippen MR) is 90.0 cm³/mol. The molecule has 0 aromatic heterocycles. The van der Waals surface area contributed by atoms with Gasteiger partial charge in [-0.25, -0.2) is 0 Å². The van der Waals surface area contributed by atoms with Crippen LogP contribution in [-0.2, 0) is 0 Å². The van der Waals surface area contributed by atoms with Crippen molar-refractivity contribution in [2.75, 3.05) is 6.54 Å². The molecule has 2 heteroatoms. The molecule has 0 aliphatic heterocycles. The summed E-state index contributed by atoms with van der Waals surface area (Å²) in [6, 6.07) is 13.7. The normalized spacial score (nSPS) is 17.7. The highest BCUT2D eigenvalue weighted by molar-refractivity contribution is 9.10. The lowest BCUT2D eigenvalue weighted by Gasteiger charge is -2.26. The Kier molecular flexibility index (Phi) is 4.42. The van der Waals surface area contributed by atoms with Crippen LogP contribution < -0.4 is 5.32 Å². The molecule has 1 atom stereocenters. The lowest BCUT2D eigenvalue weighted by molar-refractivity contribution is 0.376. The van der Waals surface area contributed by atoms with Crippen molar-refractivity contribution in [1.82, 2.24) is 5.32 Å². The molecule has 3 rings (SSSR count). The van der Waals surface area contributed by atoms with E-state index in [-0.39, 0.29) is 0 Å². The van der Waals surface area contributed by atoms with Crippen LogP contribution in [0.15, 0.2) is 40.9 Å². The largest absolute Gasteiger partial charge is 0.310 e. The molecule has 1 fully saturated rings. The zero-order valence-corrected chi connectivity index (χ0v) is 13.6. The van der Waals surface area contributed by atoms with Gasteiger partial charge in [-0.1, -0.05) is 66.0 Å². The summed E-state index contributed by atoms with van der Waals surface area (Å²) in [4.78, 5) is 0. The minimum absolute atomic E-state index is 0.500. The van der Waals surface area contributed by atoms with Crippen molar-refractivity contribution in [2.24, 2.45) is 5.92 Å². The van der Waals surface area contributed by atoms with Crippen molar-refractivity contribution >= 4 is 26.7 Å². The summed E-state index contributed by atoms with van der Waals surface area (Å²) in [6.07, 6.45) is 5.51. The number of halogens is 1. The zero-order chi connectivity index (χ0) is 13.9. The van der Waals surface area contributed by atoms with Crippen LogP contribution in [0.25, 0.3) is 10.8 Å². The molecule has 106 valence electrons. The molecule has 20 heavy (non-hydrogen) atoms. The van der Waals surface area contributed by atoms with Crippen molar-refractivity contribution in [3.8, 4) is 0 Å². The first kappa shape index (κ1) is 14.1. The Bertz CT molecular complexity index is 587. The fraction of sp³-hybridized carbons (Fsp3) is 0.444. The monoisotopic (exact) mass is 331 g/mol. The van der Waals surface area contributed by atoms with Crippen LogP contribution in [0, 0.1) is 5.92 Å². The van der Waals surface area contributed by atoms with Gasteiger partial charge in [-0.05, 0) is 47.7 Å². The van der Waals surface area contributed by atoms with Gasteiger partial charge in [0.05, 0.1) is 0 Å². The summed E-state index contributed by atoms with van der Waals surface area (Å²) < 4.78 is 1.19. The van der Waals surface area contributed by atoms with E-state index in [0.29, 0.717) is 6.04 Å². The summed E-state index contributed by atoms with van der Waals surface area (Å²) in [5, 5.41) is 6.45. The lowest BCUT2D eigenvalue weighted by atomic mass is 9.88. The lowest BCUT2D eigenvalue weighted by Crippen LogP contribution is -2.27. The van der Waals surface area contributed by atoms with Crippen LogP contribution in [0.1, 0.15) is 44.2 Å². The molecule has 1 unspecified atom stereocenters. The van der Waals surface area contributed by atoms with Gasteiger partial charge in [-0.3, -0.25) is 0 Å². The van der Waals surface area contributed by atoms with Gasteiger partial charge in [0.15, 0.2) is 0 Å². The average molecular weight is 332 g/mol. The van der Waals surface area contributed by atoms with E-state index in [1.54, 1.807) is 0 Å². The molecule has 1 aliphatic rings. The molecule has 0 heterocycles. The van der Waals surface area contributed by atoms with Crippen LogP contribution in [-0.4, -0.2) is 6.54 Å². The molecular weight excluding hydrogens is 310 g/mol. The van der Waals surface area contributed by atoms with E-state index in [2.05, 4.69) is 64.6 Å². The number of hydrogen-bond acceptors (Lipinski definition) is 1. The first-order valence-electron chi connectivity index (χ1n) is 7.71. The summed E-state index contributed by atoms with van der Waals surface area (Å²) >= 11 is 3.68. The van der Waals surface area contributed by atoms with Gasteiger partial charge in [0, 0.05) is 10.5 Å². The fourth-order valence-electron chi connectivity index (χ4n) is 3.60. The first-order chi connectivity index (χ1) is 9.81. The minimum Gasteiger partial charge on any atom is -0.310 e. The van der Waals surface area contributed by atoms with Gasteiger partial charge in [0.25, 0.3) is 0 Å². The molecule has 0 spiro atoms. The van der Waals surface area contributed by atoms with Gasteiger partial charge >= 0.3 is 0 Å². The maximum absolute atomic E-state index is 3.74. The summed E-state index contributed by atoms with van der Waals surface area (Å²) in [6.45, 7) is 3.24. The Morgan fingerprint density at radius 3 is 2.50 bits per heavy atom.